The van der Waals surface area contributed by atoms with Crippen LogP contribution in [0.4, 0.5) is 20.4 Å². The van der Waals surface area contributed by atoms with Gasteiger partial charge in [-0.25, -0.2) is 13.8 Å². The maximum atomic E-state index is 16.9. The number of aryl methyl sites for hydroxylation is 1. The Labute approximate surface area is 242 Å². The first-order valence-electron chi connectivity index (χ1n) is 14.7. The molecule has 2 atom stereocenters. The smallest absolute Gasteiger partial charge is 0.157 e. The maximum absolute atomic E-state index is 16.9. The largest absolute Gasteiger partial charge is 0.508 e. The van der Waals surface area contributed by atoms with Gasteiger partial charge in [0.05, 0.1) is 5.56 Å². The number of aromatic hydroxyl groups is 1. The van der Waals surface area contributed by atoms with Crippen LogP contribution in [0.15, 0.2) is 30.5 Å². The fourth-order valence-electron chi connectivity index (χ4n) is 7.73. The van der Waals surface area contributed by atoms with Crippen molar-refractivity contribution in [2.75, 3.05) is 36.4 Å². The number of rotatable bonds is 4. The van der Waals surface area contributed by atoms with Gasteiger partial charge in [0.15, 0.2) is 5.82 Å². The number of piperazine rings is 1. The Morgan fingerprint density at radius 2 is 1.88 bits per heavy atom. The lowest BCUT2D eigenvalue weighted by Gasteiger charge is -2.54. The van der Waals surface area contributed by atoms with E-state index in [1.165, 1.54) is 24.3 Å². The van der Waals surface area contributed by atoms with Crippen molar-refractivity contribution in [3.63, 3.8) is 0 Å². The molecule has 4 aromatic rings. The lowest BCUT2D eigenvalue weighted by molar-refractivity contribution is 0.0469. The molecule has 1 spiro atoms. The Morgan fingerprint density at radius 3 is 2.57 bits per heavy atom. The second-order valence-electron chi connectivity index (χ2n) is 12.7. The average molecular weight is 567 g/mol. The quantitative estimate of drug-likeness (QED) is 0.264. The summed E-state index contributed by atoms with van der Waals surface area (Å²) in [6, 6.07) is 6.73. The molecule has 5 heterocycles. The minimum atomic E-state index is -0.583. The van der Waals surface area contributed by atoms with E-state index in [4.69, 9.17) is 11.4 Å². The predicted octanol–water partition coefficient (Wildman–Crippen LogP) is 4.83. The summed E-state index contributed by atoms with van der Waals surface area (Å²) in [5, 5.41) is 23.2. The van der Waals surface area contributed by atoms with Gasteiger partial charge >= 0.3 is 0 Å². The molecule has 0 amide bonds. The van der Waals surface area contributed by atoms with Gasteiger partial charge in [0.2, 0.25) is 0 Å². The summed E-state index contributed by atoms with van der Waals surface area (Å²) in [7, 11) is 0. The van der Waals surface area contributed by atoms with Gasteiger partial charge in [0, 0.05) is 77.8 Å². The molecule has 3 saturated heterocycles. The van der Waals surface area contributed by atoms with Crippen LogP contribution in [0.1, 0.15) is 36.8 Å². The lowest BCUT2D eigenvalue weighted by atomic mass is 9.61. The number of hydrogen-bond donors (Lipinski definition) is 4. The number of aromatic nitrogens is 2. The summed E-state index contributed by atoms with van der Waals surface area (Å²) in [5.74, 6) is 2.63. The highest BCUT2D eigenvalue weighted by atomic mass is 19.1. The van der Waals surface area contributed by atoms with Crippen molar-refractivity contribution in [3.8, 4) is 29.4 Å². The molecule has 4 N–H and O–H groups in total. The molecule has 2 aromatic heterocycles. The second kappa shape index (κ2) is 9.25. The molecule has 2 unspecified atom stereocenters. The van der Waals surface area contributed by atoms with E-state index < -0.39 is 11.6 Å². The van der Waals surface area contributed by atoms with Crippen molar-refractivity contribution in [2.45, 2.75) is 50.7 Å². The van der Waals surface area contributed by atoms with E-state index in [1.807, 2.05) is 6.92 Å². The highest BCUT2D eigenvalue weighted by Crippen LogP contribution is 2.46. The molecule has 3 aliphatic heterocycles. The van der Waals surface area contributed by atoms with Gasteiger partial charge in [-0.3, -0.25) is 4.98 Å². The van der Waals surface area contributed by atoms with Crippen LogP contribution in [-0.4, -0.2) is 59.4 Å². The summed E-state index contributed by atoms with van der Waals surface area (Å²) in [5.41, 5.74) is 1.36. The number of phenolic OH excluding ortho intramolecular Hbond substituents is 1. The number of hydrogen-bond acceptors (Lipinski definition) is 7. The summed E-state index contributed by atoms with van der Waals surface area (Å²) in [6.45, 7) is 5.58. The van der Waals surface area contributed by atoms with E-state index in [0.29, 0.717) is 50.4 Å². The van der Waals surface area contributed by atoms with Crippen molar-refractivity contribution in [3.05, 3.63) is 53.2 Å². The van der Waals surface area contributed by atoms with Crippen molar-refractivity contribution in [1.29, 1.82) is 0 Å². The molecule has 4 aliphatic rings. The minimum Gasteiger partial charge on any atom is -0.508 e. The highest BCUT2D eigenvalue weighted by Gasteiger charge is 2.48. The number of nitrogens with zero attached hydrogens (tertiary/aromatic N) is 3. The van der Waals surface area contributed by atoms with Gasteiger partial charge in [-0.15, -0.1) is 6.42 Å². The first kappa shape index (κ1) is 25.7. The number of nitrogens with one attached hydrogen (secondary N) is 3. The average Bonchev–Trinajstić information content (AvgIpc) is 3.27. The van der Waals surface area contributed by atoms with Crippen molar-refractivity contribution >= 4 is 33.2 Å². The summed E-state index contributed by atoms with van der Waals surface area (Å²) in [4.78, 5) is 12.0. The van der Waals surface area contributed by atoms with Crippen LogP contribution in [-0.2, 0) is 0 Å². The zero-order valence-electron chi connectivity index (χ0n) is 23.4. The summed E-state index contributed by atoms with van der Waals surface area (Å²) < 4.78 is 31.7. The summed E-state index contributed by atoms with van der Waals surface area (Å²) in [6.07, 6.45) is 11.7. The predicted molar refractivity (Wildman–Crippen MR) is 161 cm³/mol. The monoisotopic (exact) mass is 566 g/mol. The van der Waals surface area contributed by atoms with Crippen LogP contribution in [0.25, 0.3) is 32.8 Å². The normalized spacial score (nSPS) is 22.8. The highest BCUT2D eigenvalue weighted by molar-refractivity contribution is 6.04. The third-order valence-corrected chi connectivity index (χ3v) is 9.88. The van der Waals surface area contributed by atoms with Crippen molar-refractivity contribution in [2.24, 2.45) is 5.41 Å². The zero-order valence-corrected chi connectivity index (χ0v) is 23.4. The van der Waals surface area contributed by atoms with E-state index in [2.05, 4.69) is 31.8 Å². The first-order chi connectivity index (χ1) is 20.3. The maximum Gasteiger partial charge on any atom is 0.157 e. The van der Waals surface area contributed by atoms with Crippen LogP contribution in [0.2, 0.25) is 0 Å². The molecule has 1 saturated carbocycles. The Morgan fingerprint density at radius 1 is 1.12 bits per heavy atom. The molecule has 4 fully saturated rings. The Kier molecular flexibility index (Phi) is 5.66. The molecule has 8 rings (SSSR count). The van der Waals surface area contributed by atoms with Crippen LogP contribution >= 0.6 is 0 Å². The van der Waals surface area contributed by atoms with Crippen molar-refractivity contribution < 1.29 is 13.9 Å². The molecule has 7 nitrogen and oxygen atoms in total. The number of phenols is 1. The number of benzene rings is 2. The molecule has 0 radical (unpaired) electrons. The second-order valence-corrected chi connectivity index (χ2v) is 12.7. The lowest BCUT2D eigenvalue weighted by Crippen LogP contribution is -2.63. The molecular weight excluding hydrogens is 534 g/mol. The van der Waals surface area contributed by atoms with Gasteiger partial charge in [-0.1, -0.05) is 12.0 Å². The molecule has 9 heteroatoms. The first-order valence-corrected chi connectivity index (χ1v) is 14.7. The Bertz CT molecular complexity index is 1810. The number of halogens is 2. The van der Waals surface area contributed by atoms with Gasteiger partial charge in [0.1, 0.15) is 28.9 Å². The third-order valence-electron chi connectivity index (χ3n) is 9.88. The number of terminal acetylenes is 1. The van der Waals surface area contributed by atoms with E-state index in [1.54, 1.807) is 6.20 Å². The SMILES string of the molecule is C#Cc1c(F)ccc2cc(O)cc(-c3ncc4c(N5CC6CCC(C5)N6)nc(NC5CC6(CNC6)C5)c(C)c4c3F)c12. The number of fused-ring (bicyclic) bond motifs is 4. The molecule has 214 valence electrons. The number of anilines is 2. The molecule has 2 aromatic carbocycles. The van der Waals surface area contributed by atoms with Crippen molar-refractivity contribution in [1.82, 2.24) is 20.6 Å². The van der Waals surface area contributed by atoms with E-state index >= 15 is 4.39 Å². The van der Waals surface area contributed by atoms with Crippen LogP contribution < -0.4 is 20.9 Å². The van der Waals surface area contributed by atoms with Crippen LogP contribution in [0.5, 0.6) is 5.75 Å². The fourth-order valence-corrected chi connectivity index (χ4v) is 7.73. The van der Waals surface area contributed by atoms with Gasteiger partial charge in [-0.05, 0) is 61.6 Å². The van der Waals surface area contributed by atoms with E-state index in [0.717, 1.165) is 57.7 Å². The standard InChI is InChI=1S/C33H32F2N6O/c1-3-23-26(34)7-4-18-8-22(42)9-24(28(18)23)30-29(35)27-17(2)31(39-21-10-33(11-21)15-36-16-33)40-32(25(27)12-37-30)41-13-19-5-6-20(14-41)38-19/h1,4,7-9,12,19-21,36,38,42H,5-6,10-11,13-16H2,2H3,(H,39,40). The number of pyridine rings is 2. The minimum absolute atomic E-state index is 0.0129. The van der Waals surface area contributed by atoms with Gasteiger partial charge in [0.25, 0.3) is 0 Å². The topological polar surface area (TPSA) is 85.3 Å². The van der Waals surface area contributed by atoms with Crippen LogP contribution in [0.3, 0.4) is 0 Å². The van der Waals surface area contributed by atoms with Gasteiger partial charge in [-0.2, -0.15) is 0 Å². The third kappa shape index (κ3) is 3.85. The van der Waals surface area contributed by atoms with Crippen LogP contribution in [0, 0.1) is 36.3 Å². The van der Waals surface area contributed by atoms with E-state index in [-0.39, 0.29) is 28.6 Å². The fraction of sp³-hybridized carbons (Fsp3) is 0.394. The zero-order chi connectivity index (χ0) is 28.7. The molecular formula is C33H32F2N6O. The van der Waals surface area contributed by atoms with E-state index in [9.17, 15) is 9.50 Å². The summed E-state index contributed by atoms with van der Waals surface area (Å²) >= 11 is 0. The molecule has 2 bridgehead atoms. The molecule has 1 aliphatic carbocycles. The Hall–Kier alpha value is -4.00. The molecule has 42 heavy (non-hydrogen) atoms. The van der Waals surface area contributed by atoms with Gasteiger partial charge < -0.3 is 26.0 Å². The Balaban J connectivity index is 1.32.